The summed E-state index contributed by atoms with van der Waals surface area (Å²) in [7, 11) is 3.80. The maximum Gasteiger partial charge on any atom is 0.254 e. The molecule has 138 valence electrons. The van der Waals surface area contributed by atoms with Gasteiger partial charge in [-0.05, 0) is 23.3 Å². The highest BCUT2D eigenvalue weighted by atomic mass is 33.1. The number of nitrogens with zero attached hydrogens (tertiary/aromatic N) is 2. The summed E-state index contributed by atoms with van der Waals surface area (Å²) < 4.78 is 0. The highest BCUT2D eigenvalue weighted by Gasteiger charge is 2.31. The number of hydrogen-bond acceptors (Lipinski definition) is 5. The van der Waals surface area contributed by atoms with Gasteiger partial charge >= 0.3 is 0 Å². The summed E-state index contributed by atoms with van der Waals surface area (Å²) >= 11 is 0. The van der Waals surface area contributed by atoms with E-state index in [2.05, 4.69) is 17.0 Å². The Bertz CT molecular complexity index is 779. The first-order valence-electron chi connectivity index (χ1n) is 9.23. The number of carbonyl (C=O) groups is 1. The molecule has 0 saturated carbocycles. The normalized spacial score (nSPS) is 25.2. The van der Waals surface area contributed by atoms with Gasteiger partial charge in [0.25, 0.3) is 5.91 Å². The average molecular weight is 388 g/mol. The largest absolute Gasteiger partial charge is 0.336 e. The molecule has 2 N–H and O–H groups in total. The molecule has 2 aromatic rings. The van der Waals surface area contributed by atoms with Crippen LogP contribution in [0.15, 0.2) is 42.5 Å². The highest BCUT2D eigenvalue weighted by molar-refractivity contribution is 8.76. The van der Waals surface area contributed by atoms with Gasteiger partial charge in [-0.2, -0.15) is 0 Å². The quantitative estimate of drug-likeness (QED) is 0.762. The molecule has 0 radical (unpaired) electrons. The van der Waals surface area contributed by atoms with E-state index in [1.54, 1.807) is 0 Å². The number of fused-ring (bicyclic) bond motifs is 2. The summed E-state index contributed by atoms with van der Waals surface area (Å²) in [5, 5.41) is 2.17. The molecule has 4 rings (SSSR count). The molecule has 2 aliphatic heterocycles. The molecule has 2 saturated heterocycles. The van der Waals surface area contributed by atoms with Crippen LogP contribution in [0.5, 0.6) is 0 Å². The fourth-order valence-corrected chi connectivity index (χ4v) is 6.22. The number of amides is 1. The van der Waals surface area contributed by atoms with Gasteiger partial charge in [-0.25, -0.2) is 0 Å². The lowest BCUT2D eigenvalue weighted by Crippen LogP contribution is -2.57. The maximum absolute atomic E-state index is 13.2. The standard InChI is InChI=1S/C20H25N3OS2/c21-16-12-22-9-10-23(13-17(22)8-11-25-26-14-16)20(24)19-7-3-5-15-4-1-2-6-18(15)19/h1-7,16-17H,8-14,21H2/t16-,17+/m1/s1. The van der Waals surface area contributed by atoms with Gasteiger partial charge in [0.05, 0.1) is 0 Å². The van der Waals surface area contributed by atoms with E-state index in [9.17, 15) is 4.79 Å². The Morgan fingerprint density at radius 1 is 1.04 bits per heavy atom. The lowest BCUT2D eigenvalue weighted by atomic mass is 10.0. The minimum Gasteiger partial charge on any atom is -0.336 e. The predicted molar refractivity (Wildman–Crippen MR) is 113 cm³/mol. The molecule has 6 heteroatoms. The number of rotatable bonds is 1. The second-order valence-electron chi connectivity index (χ2n) is 7.08. The van der Waals surface area contributed by atoms with Crippen molar-refractivity contribution in [3.63, 3.8) is 0 Å². The summed E-state index contributed by atoms with van der Waals surface area (Å²) in [4.78, 5) is 17.8. The van der Waals surface area contributed by atoms with E-state index in [4.69, 9.17) is 5.73 Å². The van der Waals surface area contributed by atoms with Crippen molar-refractivity contribution in [2.45, 2.75) is 18.5 Å². The monoisotopic (exact) mass is 387 g/mol. The molecule has 4 nitrogen and oxygen atoms in total. The number of hydrogen-bond donors (Lipinski definition) is 1. The average Bonchev–Trinajstić information content (AvgIpc) is 2.76. The summed E-state index contributed by atoms with van der Waals surface area (Å²) in [6, 6.07) is 14.8. The van der Waals surface area contributed by atoms with Gasteiger partial charge in [0.1, 0.15) is 0 Å². The van der Waals surface area contributed by atoms with Crippen molar-refractivity contribution in [2.24, 2.45) is 5.73 Å². The third-order valence-electron chi connectivity index (χ3n) is 5.28. The number of piperazine rings is 1. The van der Waals surface area contributed by atoms with E-state index in [1.807, 2.05) is 56.8 Å². The molecule has 0 spiro atoms. The van der Waals surface area contributed by atoms with Crippen molar-refractivity contribution in [3.8, 4) is 0 Å². The third kappa shape index (κ3) is 3.88. The Morgan fingerprint density at radius 2 is 1.88 bits per heavy atom. The van der Waals surface area contributed by atoms with Crippen molar-refractivity contribution in [1.29, 1.82) is 0 Å². The molecule has 2 heterocycles. The molecule has 0 unspecified atom stereocenters. The fraction of sp³-hybridized carbons (Fsp3) is 0.450. The minimum absolute atomic E-state index is 0.160. The zero-order valence-electron chi connectivity index (χ0n) is 14.8. The van der Waals surface area contributed by atoms with E-state index in [0.29, 0.717) is 6.04 Å². The van der Waals surface area contributed by atoms with Gasteiger partial charge in [0.2, 0.25) is 0 Å². The van der Waals surface area contributed by atoms with Crippen molar-refractivity contribution < 1.29 is 4.79 Å². The molecule has 26 heavy (non-hydrogen) atoms. The Balaban J connectivity index is 1.54. The first kappa shape index (κ1) is 18.2. The molecule has 1 amide bonds. The molecule has 2 fully saturated rings. The van der Waals surface area contributed by atoms with Crippen LogP contribution < -0.4 is 5.73 Å². The van der Waals surface area contributed by atoms with Crippen molar-refractivity contribution in [1.82, 2.24) is 9.80 Å². The van der Waals surface area contributed by atoms with Crippen LogP contribution in [0.25, 0.3) is 10.8 Å². The molecular formula is C20H25N3OS2. The van der Waals surface area contributed by atoms with Gasteiger partial charge in [-0.3, -0.25) is 9.69 Å². The molecule has 2 aliphatic rings. The van der Waals surface area contributed by atoms with Crippen LogP contribution in [0, 0.1) is 0 Å². The van der Waals surface area contributed by atoms with Crippen molar-refractivity contribution in [2.75, 3.05) is 37.7 Å². The summed E-state index contributed by atoms with van der Waals surface area (Å²) in [5.74, 6) is 2.29. The molecule has 0 aliphatic carbocycles. The number of benzene rings is 2. The smallest absolute Gasteiger partial charge is 0.254 e. The van der Waals surface area contributed by atoms with Crippen LogP contribution >= 0.6 is 21.6 Å². The molecular weight excluding hydrogens is 362 g/mol. The van der Waals surface area contributed by atoms with Crippen LogP contribution in [0.3, 0.4) is 0 Å². The maximum atomic E-state index is 13.2. The highest BCUT2D eigenvalue weighted by Crippen LogP contribution is 2.28. The number of carbonyl (C=O) groups excluding carboxylic acids is 1. The lowest BCUT2D eigenvalue weighted by Gasteiger charge is -2.42. The summed E-state index contributed by atoms with van der Waals surface area (Å²) in [6.07, 6.45) is 1.11. The van der Waals surface area contributed by atoms with Crippen LogP contribution in [0.1, 0.15) is 16.8 Å². The van der Waals surface area contributed by atoms with E-state index >= 15 is 0 Å². The van der Waals surface area contributed by atoms with Crippen LogP contribution in [0.4, 0.5) is 0 Å². The van der Waals surface area contributed by atoms with Crippen LogP contribution in [-0.2, 0) is 0 Å². The second kappa shape index (κ2) is 8.21. The van der Waals surface area contributed by atoms with Crippen LogP contribution in [0.2, 0.25) is 0 Å². The third-order valence-corrected chi connectivity index (χ3v) is 7.82. The second-order valence-corrected chi connectivity index (χ2v) is 9.71. The van der Waals surface area contributed by atoms with Gasteiger partial charge in [-0.1, -0.05) is 58.0 Å². The van der Waals surface area contributed by atoms with E-state index in [-0.39, 0.29) is 11.9 Å². The Hall–Kier alpha value is -1.21. The van der Waals surface area contributed by atoms with Gasteiger partial charge < -0.3 is 10.6 Å². The molecule has 2 aromatic carbocycles. The number of nitrogens with two attached hydrogens (primary N) is 1. The SMILES string of the molecule is N[C@H]1CSSCC[C@H]2CN(C(=O)c3cccc4ccccc34)CCN2C1. The van der Waals surface area contributed by atoms with Gasteiger partial charge in [0, 0.05) is 55.3 Å². The first-order chi connectivity index (χ1) is 12.7. The van der Waals surface area contributed by atoms with E-state index in [0.717, 1.165) is 60.4 Å². The molecule has 0 bridgehead atoms. The van der Waals surface area contributed by atoms with Crippen LogP contribution in [-0.4, -0.2) is 65.5 Å². The zero-order chi connectivity index (χ0) is 17.9. The zero-order valence-corrected chi connectivity index (χ0v) is 16.5. The summed E-state index contributed by atoms with van der Waals surface area (Å²) in [5.41, 5.74) is 7.09. The van der Waals surface area contributed by atoms with E-state index in [1.165, 1.54) is 0 Å². The van der Waals surface area contributed by atoms with Crippen molar-refractivity contribution >= 4 is 38.3 Å². The van der Waals surface area contributed by atoms with Gasteiger partial charge in [0.15, 0.2) is 0 Å². The topological polar surface area (TPSA) is 49.6 Å². The fourth-order valence-electron chi connectivity index (χ4n) is 3.91. The minimum atomic E-state index is 0.160. The predicted octanol–water partition coefficient (Wildman–Crippen LogP) is 3.08. The van der Waals surface area contributed by atoms with Gasteiger partial charge in [-0.15, -0.1) is 0 Å². The lowest BCUT2D eigenvalue weighted by molar-refractivity contribution is 0.0468. The molecule has 2 atom stereocenters. The first-order valence-corrected chi connectivity index (χ1v) is 11.7. The summed E-state index contributed by atoms with van der Waals surface area (Å²) in [6.45, 7) is 3.45. The van der Waals surface area contributed by atoms with E-state index < -0.39 is 0 Å². The Morgan fingerprint density at radius 3 is 2.81 bits per heavy atom. The van der Waals surface area contributed by atoms with Crippen molar-refractivity contribution in [3.05, 3.63) is 48.0 Å². The molecule has 0 aromatic heterocycles. The Kier molecular flexibility index (Phi) is 5.74. The Labute approximate surface area is 162 Å².